The Balaban J connectivity index is 2.21. The van der Waals surface area contributed by atoms with Gasteiger partial charge in [-0.2, -0.15) is 0 Å². The molecule has 0 saturated carbocycles. The highest BCUT2D eigenvalue weighted by Gasteiger charge is 2.55. The normalized spacial score (nSPS) is 31.2. The molecule has 0 aromatic rings. The summed E-state index contributed by atoms with van der Waals surface area (Å²) in [6.07, 6.45) is 0. The van der Waals surface area contributed by atoms with Gasteiger partial charge in [0, 0.05) is 17.8 Å². The fourth-order valence-electron chi connectivity index (χ4n) is 2.68. The first-order valence-corrected chi connectivity index (χ1v) is 6.85. The van der Waals surface area contributed by atoms with Crippen molar-refractivity contribution in [2.24, 2.45) is 5.41 Å². The van der Waals surface area contributed by atoms with Crippen LogP contribution in [0.1, 0.15) is 34.6 Å². The average Bonchev–Trinajstić information content (AvgIpc) is 2.40. The summed E-state index contributed by atoms with van der Waals surface area (Å²) in [5.41, 5.74) is 0.371. The third-order valence-corrected chi connectivity index (χ3v) is 4.99. The topological polar surface area (TPSA) is 12.5 Å². The molecule has 3 heteroatoms. The van der Waals surface area contributed by atoms with Gasteiger partial charge in [-0.1, -0.05) is 20.8 Å². The molecular weight excluding hydrogens is 206 g/mol. The SMILES string of the molecule is CC(C)N1[C@H](C(C)(C)C)CSC12COC2. The van der Waals surface area contributed by atoms with Crippen molar-refractivity contribution in [1.82, 2.24) is 4.90 Å². The van der Waals surface area contributed by atoms with Crippen LogP contribution in [-0.2, 0) is 4.74 Å². The van der Waals surface area contributed by atoms with Gasteiger partial charge < -0.3 is 4.74 Å². The van der Waals surface area contributed by atoms with E-state index in [9.17, 15) is 0 Å². The van der Waals surface area contributed by atoms with E-state index in [1.165, 1.54) is 5.75 Å². The molecule has 15 heavy (non-hydrogen) atoms. The zero-order valence-corrected chi connectivity index (χ0v) is 11.4. The standard InChI is InChI=1S/C12H23NOS/c1-9(2)13-10(11(3,4)5)6-15-12(13)7-14-8-12/h9-10H,6-8H2,1-5H3/t10-/m0/s1. The maximum atomic E-state index is 5.44. The predicted molar refractivity (Wildman–Crippen MR) is 66.2 cm³/mol. The molecule has 2 fully saturated rings. The third-order valence-electron chi connectivity index (χ3n) is 3.53. The van der Waals surface area contributed by atoms with Crippen LogP contribution in [0.4, 0.5) is 0 Å². The summed E-state index contributed by atoms with van der Waals surface area (Å²) in [5, 5.41) is 0. The van der Waals surface area contributed by atoms with Crippen molar-refractivity contribution in [2.75, 3.05) is 19.0 Å². The Hall–Kier alpha value is 0.270. The van der Waals surface area contributed by atoms with Crippen LogP contribution in [0.5, 0.6) is 0 Å². The van der Waals surface area contributed by atoms with E-state index >= 15 is 0 Å². The number of ether oxygens (including phenoxy) is 1. The minimum Gasteiger partial charge on any atom is -0.376 e. The van der Waals surface area contributed by atoms with E-state index in [0.29, 0.717) is 22.4 Å². The largest absolute Gasteiger partial charge is 0.376 e. The quantitative estimate of drug-likeness (QED) is 0.686. The molecule has 88 valence electrons. The minimum atomic E-state index is 0.312. The first kappa shape index (κ1) is 11.7. The van der Waals surface area contributed by atoms with E-state index in [2.05, 4.69) is 51.3 Å². The van der Waals surface area contributed by atoms with Gasteiger partial charge in [-0.3, -0.25) is 4.90 Å². The van der Waals surface area contributed by atoms with Crippen LogP contribution in [0.15, 0.2) is 0 Å². The summed E-state index contributed by atoms with van der Waals surface area (Å²) < 4.78 is 5.44. The molecule has 2 aliphatic heterocycles. The van der Waals surface area contributed by atoms with Crippen molar-refractivity contribution in [2.45, 2.75) is 51.6 Å². The summed E-state index contributed by atoms with van der Waals surface area (Å²) in [4.78, 5) is 3.01. The lowest BCUT2D eigenvalue weighted by molar-refractivity contribution is -0.114. The fourth-order valence-corrected chi connectivity index (χ4v) is 4.63. The Morgan fingerprint density at radius 2 is 1.93 bits per heavy atom. The second-order valence-corrected chi connectivity index (χ2v) is 7.51. The van der Waals surface area contributed by atoms with Crippen LogP contribution in [0, 0.1) is 5.41 Å². The van der Waals surface area contributed by atoms with Gasteiger partial charge in [-0.15, -0.1) is 11.8 Å². The van der Waals surface area contributed by atoms with Crippen molar-refractivity contribution in [1.29, 1.82) is 0 Å². The summed E-state index contributed by atoms with van der Waals surface area (Å²) in [6, 6.07) is 1.31. The second kappa shape index (κ2) is 3.64. The molecule has 0 radical (unpaired) electrons. The summed E-state index contributed by atoms with van der Waals surface area (Å²) >= 11 is 2.10. The molecule has 0 bridgehead atoms. The molecule has 1 atom stereocenters. The van der Waals surface area contributed by atoms with Crippen LogP contribution < -0.4 is 0 Å². The monoisotopic (exact) mass is 229 g/mol. The summed E-state index contributed by atoms with van der Waals surface area (Å²) in [5.74, 6) is 1.26. The lowest BCUT2D eigenvalue weighted by Gasteiger charge is -2.50. The zero-order chi connectivity index (χ0) is 11.3. The van der Waals surface area contributed by atoms with E-state index in [1.807, 2.05) is 0 Å². The van der Waals surface area contributed by atoms with E-state index in [1.54, 1.807) is 0 Å². The molecule has 2 heterocycles. The van der Waals surface area contributed by atoms with Gasteiger partial charge >= 0.3 is 0 Å². The van der Waals surface area contributed by atoms with Gasteiger partial charge in [-0.25, -0.2) is 0 Å². The van der Waals surface area contributed by atoms with Crippen molar-refractivity contribution in [3.63, 3.8) is 0 Å². The smallest absolute Gasteiger partial charge is 0.115 e. The molecule has 2 rings (SSSR count). The Morgan fingerprint density at radius 3 is 2.27 bits per heavy atom. The van der Waals surface area contributed by atoms with Crippen LogP contribution in [-0.4, -0.2) is 40.8 Å². The number of hydrogen-bond donors (Lipinski definition) is 0. The molecule has 0 amide bonds. The first-order chi connectivity index (χ1) is 6.87. The molecule has 0 unspecified atom stereocenters. The van der Waals surface area contributed by atoms with Gasteiger partial charge in [0.1, 0.15) is 4.87 Å². The van der Waals surface area contributed by atoms with Gasteiger partial charge in [-0.05, 0) is 19.3 Å². The van der Waals surface area contributed by atoms with Crippen LogP contribution >= 0.6 is 11.8 Å². The van der Waals surface area contributed by atoms with Crippen LogP contribution in [0.3, 0.4) is 0 Å². The van der Waals surface area contributed by atoms with E-state index < -0.39 is 0 Å². The van der Waals surface area contributed by atoms with E-state index in [0.717, 1.165) is 13.2 Å². The molecular formula is C12H23NOS. The lowest BCUT2D eigenvalue weighted by atomic mass is 9.85. The highest BCUT2D eigenvalue weighted by molar-refractivity contribution is 8.01. The first-order valence-electron chi connectivity index (χ1n) is 5.87. The van der Waals surface area contributed by atoms with E-state index in [4.69, 9.17) is 4.74 Å². The summed E-state index contributed by atoms with van der Waals surface area (Å²) in [7, 11) is 0. The predicted octanol–water partition coefficient (Wildman–Crippen LogP) is 2.58. The molecule has 0 aromatic carbocycles. The number of thioether (sulfide) groups is 1. The van der Waals surface area contributed by atoms with Crippen LogP contribution in [0.25, 0.3) is 0 Å². The van der Waals surface area contributed by atoms with Crippen molar-refractivity contribution >= 4 is 11.8 Å². The Labute approximate surface area is 97.7 Å². The number of rotatable bonds is 1. The van der Waals surface area contributed by atoms with E-state index in [-0.39, 0.29) is 0 Å². The average molecular weight is 229 g/mol. The highest BCUT2D eigenvalue weighted by atomic mass is 32.2. The Bertz CT molecular complexity index is 242. The maximum Gasteiger partial charge on any atom is 0.115 e. The molecule has 2 aliphatic rings. The van der Waals surface area contributed by atoms with Gasteiger partial charge in [0.25, 0.3) is 0 Å². The van der Waals surface area contributed by atoms with Crippen molar-refractivity contribution in [3.05, 3.63) is 0 Å². The molecule has 0 aromatic heterocycles. The molecule has 1 spiro atoms. The van der Waals surface area contributed by atoms with Gasteiger partial charge in [0.15, 0.2) is 0 Å². The highest BCUT2D eigenvalue weighted by Crippen LogP contribution is 2.49. The third kappa shape index (κ3) is 1.83. The second-order valence-electron chi connectivity index (χ2n) is 6.13. The Morgan fingerprint density at radius 1 is 1.33 bits per heavy atom. The van der Waals surface area contributed by atoms with Crippen molar-refractivity contribution < 1.29 is 4.74 Å². The number of hydrogen-bond acceptors (Lipinski definition) is 3. The van der Waals surface area contributed by atoms with Gasteiger partial charge in [0.05, 0.1) is 13.2 Å². The maximum absolute atomic E-state index is 5.44. The molecule has 0 aliphatic carbocycles. The van der Waals surface area contributed by atoms with Crippen LogP contribution in [0.2, 0.25) is 0 Å². The minimum absolute atomic E-state index is 0.312. The fraction of sp³-hybridized carbons (Fsp3) is 1.00. The van der Waals surface area contributed by atoms with Crippen molar-refractivity contribution in [3.8, 4) is 0 Å². The Kier molecular flexibility index (Phi) is 2.85. The summed E-state index contributed by atoms with van der Waals surface area (Å²) in [6.45, 7) is 13.5. The lowest BCUT2D eigenvalue weighted by Crippen LogP contribution is -2.62. The van der Waals surface area contributed by atoms with Gasteiger partial charge in [0.2, 0.25) is 0 Å². The molecule has 2 saturated heterocycles. The zero-order valence-electron chi connectivity index (χ0n) is 10.5. The number of nitrogens with zero attached hydrogens (tertiary/aromatic N) is 1. The molecule has 0 N–H and O–H groups in total. The molecule has 2 nitrogen and oxygen atoms in total.